The molecule has 0 bridgehead atoms. The Kier molecular flexibility index (Phi) is 7.03. The van der Waals surface area contributed by atoms with Gasteiger partial charge in [0.25, 0.3) is 0 Å². The Morgan fingerprint density at radius 2 is 1.59 bits per heavy atom. The molecule has 0 spiro atoms. The van der Waals surface area contributed by atoms with Crippen LogP contribution in [-0.4, -0.2) is 17.9 Å². The van der Waals surface area contributed by atoms with Gasteiger partial charge >= 0.3 is 5.97 Å². The van der Waals surface area contributed by atoms with Crippen LogP contribution in [0, 0.1) is 17.8 Å². The van der Waals surface area contributed by atoms with Crippen LogP contribution < -0.4 is 0 Å². The van der Waals surface area contributed by atoms with Crippen molar-refractivity contribution in [2.75, 3.05) is 0 Å². The number of ketones is 1. The number of esters is 1. The molecule has 1 saturated carbocycles. The van der Waals surface area contributed by atoms with Crippen molar-refractivity contribution in [1.29, 1.82) is 0 Å². The Balaban J connectivity index is 1.90. The van der Waals surface area contributed by atoms with Gasteiger partial charge in [-0.25, -0.2) is 4.79 Å². The molecule has 3 unspecified atom stereocenters. The predicted octanol–water partition coefficient (Wildman–Crippen LogP) is 5.96. The molecule has 152 valence electrons. The number of Topliss-reactive ketones (excluding diaryl/α,β-unsaturated/α-hetero) is 1. The van der Waals surface area contributed by atoms with E-state index in [1.165, 1.54) is 0 Å². The number of ether oxygens (including phenoxy) is 1. The molecule has 0 radical (unpaired) electrons. The molecule has 3 atom stereocenters. The Morgan fingerprint density at radius 1 is 0.966 bits per heavy atom. The van der Waals surface area contributed by atoms with Gasteiger partial charge in [0.2, 0.25) is 0 Å². The number of benzene rings is 2. The summed E-state index contributed by atoms with van der Waals surface area (Å²) in [5.74, 6) is 0.470. The lowest BCUT2D eigenvalue weighted by Gasteiger charge is -2.36. The van der Waals surface area contributed by atoms with Crippen molar-refractivity contribution in [3.05, 3.63) is 77.4 Å². The second kappa shape index (κ2) is 9.69. The third-order valence-corrected chi connectivity index (χ3v) is 5.83. The molecule has 2 aromatic carbocycles. The van der Waals surface area contributed by atoms with Gasteiger partial charge in [-0.1, -0.05) is 87.9 Å². The van der Waals surface area contributed by atoms with Crippen LogP contribution in [0.4, 0.5) is 0 Å². The van der Waals surface area contributed by atoms with E-state index in [0.717, 1.165) is 24.8 Å². The average Bonchev–Trinajstić information content (AvgIpc) is 2.72. The van der Waals surface area contributed by atoms with Crippen molar-refractivity contribution < 1.29 is 14.3 Å². The maximum absolute atomic E-state index is 13.2. The van der Waals surface area contributed by atoms with Gasteiger partial charge < -0.3 is 4.74 Å². The SMILES string of the molecule is CC1CCC(C(C)C)C(OC(=O)/C(=C/c2ccccc2)C(=O)c2ccccc2)C1. The molecule has 1 aliphatic carbocycles. The summed E-state index contributed by atoms with van der Waals surface area (Å²) in [6.07, 6.45) is 4.57. The molecule has 0 heterocycles. The van der Waals surface area contributed by atoms with Crippen LogP contribution in [0.2, 0.25) is 0 Å². The van der Waals surface area contributed by atoms with Gasteiger partial charge in [0.1, 0.15) is 11.7 Å². The van der Waals surface area contributed by atoms with E-state index in [0.29, 0.717) is 23.3 Å². The number of hydrogen-bond acceptors (Lipinski definition) is 3. The van der Waals surface area contributed by atoms with Crippen molar-refractivity contribution in [3.63, 3.8) is 0 Å². The Hall–Kier alpha value is -2.68. The summed E-state index contributed by atoms with van der Waals surface area (Å²) in [7, 11) is 0. The summed E-state index contributed by atoms with van der Waals surface area (Å²) in [6, 6.07) is 18.4. The van der Waals surface area contributed by atoms with Crippen LogP contribution in [-0.2, 0) is 9.53 Å². The van der Waals surface area contributed by atoms with Gasteiger partial charge in [0, 0.05) is 5.56 Å². The van der Waals surface area contributed by atoms with E-state index in [2.05, 4.69) is 20.8 Å². The highest BCUT2D eigenvalue weighted by molar-refractivity contribution is 6.26. The van der Waals surface area contributed by atoms with Crippen LogP contribution in [0.5, 0.6) is 0 Å². The largest absolute Gasteiger partial charge is 0.458 e. The van der Waals surface area contributed by atoms with Gasteiger partial charge in [0.05, 0.1) is 0 Å². The van der Waals surface area contributed by atoms with E-state index in [4.69, 9.17) is 4.74 Å². The first-order chi connectivity index (χ1) is 14.0. The highest BCUT2D eigenvalue weighted by Crippen LogP contribution is 2.36. The third kappa shape index (κ3) is 5.44. The van der Waals surface area contributed by atoms with Crippen molar-refractivity contribution in [1.82, 2.24) is 0 Å². The number of hydrogen-bond donors (Lipinski definition) is 0. The average molecular weight is 391 g/mol. The lowest BCUT2D eigenvalue weighted by Crippen LogP contribution is -2.36. The molecule has 3 rings (SSSR count). The smallest absolute Gasteiger partial charge is 0.342 e. The van der Waals surface area contributed by atoms with Gasteiger partial charge in [-0.2, -0.15) is 0 Å². The first kappa shape index (κ1) is 21.0. The van der Waals surface area contributed by atoms with E-state index >= 15 is 0 Å². The normalized spacial score (nSPS) is 22.3. The number of rotatable bonds is 6. The zero-order valence-electron chi connectivity index (χ0n) is 17.5. The Bertz CT molecular complexity index is 852. The summed E-state index contributed by atoms with van der Waals surface area (Å²) in [5.41, 5.74) is 1.38. The predicted molar refractivity (Wildman–Crippen MR) is 116 cm³/mol. The maximum Gasteiger partial charge on any atom is 0.342 e. The maximum atomic E-state index is 13.2. The minimum atomic E-state index is -0.521. The molecular weight excluding hydrogens is 360 g/mol. The second-order valence-corrected chi connectivity index (χ2v) is 8.43. The second-order valence-electron chi connectivity index (χ2n) is 8.43. The van der Waals surface area contributed by atoms with E-state index in [-0.39, 0.29) is 17.5 Å². The van der Waals surface area contributed by atoms with Crippen LogP contribution in [0.3, 0.4) is 0 Å². The Morgan fingerprint density at radius 3 is 2.21 bits per heavy atom. The number of carbonyl (C=O) groups excluding carboxylic acids is 2. The van der Waals surface area contributed by atoms with Crippen LogP contribution in [0.1, 0.15) is 56.0 Å². The van der Waals surface area contributed by atoms with E-state index < -0.39 is 5.97 Å². The molecular formula is C26H30O3. The van der Waals surface area contributed by atoms with Crippen molar-refractivity contribution in [2.45, 2.75) is 46.1 Å². The van der Waals surface area contributed by atoms with Crippen LogP contribution in [0.15, 0.2) is 66.2 Å². The van der Waals surface area contributed by atoms with Gasteiger partial charge in [0.15, 0.2) is 5.78 Å². The van der Waals surface area contributed by atoms with E-state index in [9.17, 15) is 9.59 Å². The molecule has 0 aromatic heterocycles. The molecule has 0 aliphatic heterocycles. The van der Waals surface area contributed by atoms with Crippen molar-refractivity contribution in [2.24, 2.45) is 17.8 Å². The summed E-state index contributed by atoms with van der Waals surface area (Å²) in [4.78, 5) is 26.3. The zero-order chi connectivity index (χ0) is 20.8. The van der Waals surface area contributed by atoms with Gasteiger partial charge in [-0.15, -0.1) is 0 Å². The molecule has 3 nitrogen and oxygen atoms in total. The molecule has 3 heteroatoms. The summed E-state index contributed by atoms with van der Waals surface area (Å²) >= 11 is 0. The van der Waals surface area contributed by atoms with Crippen molar-refractivity contribution >= 4 is 17.8 Å². The lowest BCUT2D eigenvalue weighted by molar-refractivity contribution is -0.150. The molecule has 0 amide bonds. The fourth-order valence-corrected chi connectivity index (χ4v) is 4.13. The monoisotopic (exact) mass is 390 g/mol. The fourth-order valence-electron chi connectivity index (χ4n) is 4.13. The summed E-state index contributed by atoms with van der Waals surface area (Å²) in [5, 5.41) is 0. The van der Waals surface area contributed by atoms with Crippen LogP contribution >= 0.6 is 0 Å². The molecule has 1 aliphatic rings. The highest BCUT2D eigenvalue weighted by atomic mass is 16.5. The lowest BCUT2D eigenvalue weighted by atomic mass is 9.75. The standard InChI is InChI=1S/C26H30O3/c1-18(2)22-15-14-19(3)16-24(22)29-26(28)23(17-20-10-6-4-7-11-20)25(27)21-12-8-5-9-13-21/h4-13,17-19,22,24H,14-16H2,1-3H3/b23-17+. The van der Waals surface area contributed by atoms with E-state index in [1.807, 2.05) is 36.4 Å². The minimum Gasteiger partial charge on any atom is -0.458 e. The molecule has 1 fully saturated rings. The summed E-state index contributed by atoms with van der Waals surface area (Å²) < 4.78 is 5.98. The summed E-state index contributed by atoms with van der Waals surface area (Å²) in [6.45, 7) is 6.56. The van der Waals surface area contributed by atoms with Gasteiger partial charge in [-0.3, -0.25) is 4.79 Å². The molecule has 2 aromatic rings. The highest BCUT2D eigenvalue weighted by Gasteiger charge is 2.35. The first-order valence-electron chi connectivity index (χ1n) is 10.5. The first-order valence-corrected chi connectivity index (χ1v) is 10.5. The molecule has 0 saturated heterocycles. The molecule has 0 N–H and O–H groups in total. The van der Waals surface area contributed by atoms with Crippen LogP contribution in [0.25, 0.3) is 6.08 Å². The quantitative estimate of drug-likeness (QED) is 0.201. The molecule has 29 heavy (non-hydrogen) atoms. The minimum absolute atomic E-state index is 0.0862. The zero-order valence-corrected chi connectivity index (χ0v) is 17.5. The topological polar surface area (TPSA) is 43.4 Å². The van der Waals surface area contributed by atoms with Gasteiger partial charge in [-0.05, 0) is 42.2 Å². The van der Waals surface area contributed by atoms with Crippen molar-refractivity contribution in [3.8, 4) is 0 Å². The van der Waals surface area contributed by atoms with E-state index in [1.54, 1.807) is 30.3 Å². The number of carbonyl (C=O) groups is 2. The fraction of sp³-hybridized carbons (Fsp3) is 0.385. The Labute approximate surface area is 173 Å². The third-order valence-electron chi connectivity index (χ3n) is 5.83.